The number of nitrogens with zero attached hydrogens (tertiary/aromatic N) is 1. The third kappa shape index (κ3) is 6.88. The van der Waals surface area contributed by atoms with Crippen LogP contribution in [-0.2, 0) is 27.3 Å². The molecule has 5 atom stereocenters. The van der Waals surface area contributed by atoms with E-state index in [1.54, 1.807) is 0 Å². The molecule has 0 aromatic carbocycles. The van der Waals surface area contributed by atoms with E-state index < -0.39 is 54.4 Å². The first-order chi connectivity index (χ1) is 12.7. The van der Waals surface area contributed by atoms with Crippen molar-refractivity contribution < 1.29 is 61.8 Å². The molecular formula is C9H14N3O13P3-4. The Labute approximate surface area is 157 Å². The molecule has 4 N–H and O–H groups in total. The van der Waals surface area contributed by atoms with Gasteiger partial charge in [0.2, 0.25) is 15.5 Å². The molecule has 2 heterocycles. The summed E-state index contributed by atoms with van der Waals surface area (Å²) < 4.78 is 45.7. The Hall–Kier alpha value is -0.860. The van der Waals surface area contributed by atoms with Crippen molar-refractivity contribution in [3.8, 4) is 0 Å². The Kier molecular flexibility index (Phi) is 7.09. The third-order valence-corrected chi connectivity index (χ3v) is 7.50. The van der Waals surface area contributed by atoms with Gasteiger partial charge in [-0.1, -0.05) is 0 Å². The molecule has 0 aliphatic carbocycles. The highest BCUT2D eigenvalue weighted by molar-refractivity contribution is 7.69. The summed E-state index contributed by atoms with van der Waals surface area (Å²) >= 11 is 0. The molecule has 2 aliphatic heterocycles. The monoisotopic (exact) mass is 465 g/mol. The minimum Gasteiger partial charge on any atom is -0.790 e. The van der Waals surface area contributed by atoms with Crippen LogP contribution in [0.25, 0.3) is 0 Å². The fraction of sp³-hybridized carbons (Fsp3) is 0.667. The van der Waals surface area contributed by atoms with Crippen molar-refractivity contribution in [2.24, 2.45) is 0 Å². The molecule has 2 rings (SSSR count). The standard InChI is InChI=1S/C9H18N3O13P3/c13-5-3-8(12-2-1-7(14)10-9(12)15)24-6(5)4-23-26(16,17)11-27(18,19)25-28(20,21)22/h1,5-6,8,13-14H,2-4H2,(H,10,15)(H2,20,21,22)(H3,11,16,17,18,19)/p-4/t5-,6+,8+/m0/s1. The molecule has 2 aliphatic rings. The minimum absolute atomic E-state index is 0.0641. The number of ether oxygens (including phenoxy) is 1. The number of carbonyl (C=O) groups excluding carboxylic acids is 1. The van der Waals surface area contributed by atoms with Crippen LogP contribution in [0.2, 0.25) is 0 Å². The van der Waals surface area contributed by atoms with Gasteiger partial charge in [0.15, 0.2) is 5.88 Å². The maximum Gasteiger partial charge on any atom is 0.326 e. The summed E-state index contributed by atoms with van der Waals surface area (Å²) in [6.07, 6.45) is -2.53. The summed E-state index contributed by atoms with van der Waals surface area (Å²) in [6.45, 7) is -0.972. The van der Waals surface area contributed by atoms with E-state index in [9.17, 15) is 48.3 Å². The number of rotatable bonds is 8. The lowest BCUT2D eigenvalue weighted by Gasteiger charge is -2.39. The average molecular weight is 465 g/mol. The van der Waals surface area contributed by atoms with Gasteiger partial charge in [-0.05, 0) is 6.08 Å². The number of hydrogen-bond donors (Lipinski definition) is 4. The van der Waals surface area contributed by atoms with Gasteiger partial charge in [-0.15, -0.1) is 0 Å². The quantitative estimate of drug-likeness (QED) is 0.251. The maximum atomic E-state index is 11.8. The number of phosphoric acid groups is 1. The summed E-state index contributed by atoms with van der Waals surface area (Å²) in [5.74, 6) is -0.372. The van der Waals surface area contributed by atoms with E-state index in [-0.39, 0.29) is 18.8 Å². The molecular weight excluding hydrogens is 451 g/mol. The molecule has 0 saturated carbocycles. The summed E-state index contributed by atoms with van der Waals surface area (Å²) in [6, 6.07) is -0.737. The Morgan fingerprint density at radius 2 is 1.93 bits per heavy atom. The molecule has 1 fully saturated rings. The second kappa shape index (κ2) is 8.48. The van der Waals surface area contributed by atoms with E-state index in [4.69, 9.17) is 4.74 Å². The molecule has 162 valence electrons. The average Bonchev–Trinajstić information content (AvgIpc) is 2.82. The van der Waals surface area contributed by atoms with Gasteiger partial charge < -0.3 is 43.6 Å². The van der Waals surface area contributed by atoms with E-state index in [1.807, 2.05) is 0 Å². The second-order valence-electron chi connectivity index (χ2n) is 5.52. The smallest absolute Gasteiger partial charge is 0.326 e. The zero-order valence-electron chi connectivity index (χ0n) is 13.6. The van der Waals surface area contributed by atoms with Crippen molar-refractivity contribution in [2.45, 2.75) is 24.9 Å². The third-order valence-electron chi connectivity index (χ3n) is 3.39. The van der Waals surface area contributed by atoms with Gasteiger partial charge in [-0.3, -0.25) is 23.7 Å². The molecule has 0 bridgehead atoms. The van der Waals surface area contributed by atoms with Gasteiger partial charge in [0.25, 0.3) is 0 Å². The molecule has 19 heteroatoms. The zero-order chi connectivity index (χ0) is 21.3. The van der Waals surface area contributed by atoms with Gasteiger partial charge in [0.05, 0.1) is 20.5 Å². The Morgan fingerprint density at radius 3 is 2.50 bits per heavy atom. The van der Waals surface area contributed by atoms with Crippen LogP contribution < -0.4 is 29.7 Å². The van der Waals surface area contributed by atoms with Crippen molar-refractivity contribution in [3.63, 3.8) is 0 Å². The number of hydrogen-bond acceptors (Lipinski definition) is 13. The normalized spacial score (nSPS) is 30.3. The largest absolute Gasteiger partial charge is 0.790 e. The molecule has 28 heavy (non-hydrogen) atoms. The van der Waals surface area contributed by atoms with E-state index in [0.29, 0.717) is 0 Å². The topological polar surface area (TPSA) is 256 Å². The van der Waals surface area contributed by atoms with E-state index >= 15 is 0 Å². The number of amides is 2. The Balaban J connectivity index is 1.91. The molecule has 1 saturated heterocycles. The van der Waals surface area contributed by atoms with E-state index in [1.165, 1.54) is 6.08 Å². The van der Waals surface area contributed by atoms with Crippen LogP contribution in [-0.4, -0.2) is 52.7 Å². The first-order valence-corrected chi connectivity index (χ1v) is 11.8. The predicted molar refractivity (Wildman–Crippen MR) is 78.2 cm³/mol. The van der Waals surface area contributed by atoms with E-state index in [0.717, 1.165) is 9.76 Å². The van der Waals surface area contributed by atoms with Crippen molar-refractivity contribution in [1.82, 2.24) is 15.1 Å². The number of aliphatic hydroxyl groups excluding tert-OH is 2. The van der Waals surface area contributed by atoms with Crippen molar-refractivity contribution in [3.05, 3.63) is 12.0 Å². The Morgan fingerprint density at radius 1 is 1.29 bits per heavy atom. The van der Waals surface area contributed by atoms with Crippen LogP contribution in [0.15, 0.2) is 12.0 Å². The van der Waals surface area contributed by atoms with Crippen molar-refractivity contribution in [2.75, 3.05) is 13.2 Å². The predicted octanol–water partition coefficient (Wildman–Crippen LogP) is -3.72. The molecule has 0 radical (unpaired) electrons. The molecule has 16 nitrogen and oxygen atoms in total. The van der Waals surface area contributed by atoms with Crippen LogP contribution >= 0.6 is 23.3 Å². The van der Waals surface area contributed by atoms with Crippen molar-refractivity contribution in [1.29, 1.82) is 0 Å². The van der Waals surface area contributed by atoms with Crippen LogP contribution in [0.3, 0.4) is 0 Å². The molecule has 2 unspecified atom stereocenters. The summed E-state index contributed by atoms with van der Waals surface area (Å²) in [5.41, 5.74) is 0. The number of urea groups is 1. The van der Waals surface area contributed by atoms with Crippen LogP contribution in [0.5, 0.6) is 0 Å². The zero-order valence-corrected chi connectivity index (χ0v) is 16.3. The van der Waals surface area contributed by atoms with Gasteiger partial charge in [-0.25, -0.2) is 4.79 Å². The molecule has 2 amide bonds. The molecule has 0 spiro atoms. The summed E-state index contributed by atoms with van der Waals surface area (Å²) in [7, 11) is -17.4. The fourth-order valence-corrected chi connectivity index (χ4v) is 5.61. The lowest BCUT2D eigenvalue weighted by atomic mass is 10.2. The number of nitrogens with one attached hydrogen (secondary N) is 2. The summed E-state index contributed by atoms with van der Waals surface area (Å²) in [5, 5.41) is 21.2. The second-order valence-corrected chi connectivity index (χ2v) is 10.1. The maximum absolute atomic E-state index is 11.8. The first kappa shape index (κ1) is 23.4. The van der Waals surface area contributed by atoms with Gasteiger partial charge in [0.1, 0.15) is 12.3 Å². The van der Waals surface area contributed by atoms with Gasteiger partial charge >= 0.3 is 6.03 Å². The molecule has 0 aromatic rings. The number of aliphatic hydroxyl groups is 2. The minimum atomic E-state index is -6.04. The van der Waals surface area contributed by atoms with E-state index in [2.05, 4.69) is 14.2 Å². The highest BCUT2D eigenvalue weighted by Gasteiger charge is 2.40. The summed E-state index contributed by atoms with van der Waals surface area (Å²) in [4.78, 5) is 56.9. The lowest BCUT2D eigenvalue weighted by molar-refractivity contribution is -0.337. The molecule has 0 aromatic heterocycles. The SMILES string of the molecule is O=C1NC(O)=CCN1[C@H]1C[C@H](O)[C@@H](COP(=O)([O-])NP(=O)([O-])OP(=O)([O-])[O-])O1. The van der Waals surface area contributed by atoms with Crippen LogP contribution in [0.1, 0.15) is 6.42 Å². The van der Waals surface area contributed by atoms with Crippen LogP contribution in [0, 0.1) is 0 Å². The first-order valence-electron chi connectivity index (χ1n) is 7.27. The van der Waals surface area contributed by atoms with Crippen molar-refractivity contribution >= 4 is 29.3 Å². The van der Waals surface area contributed by atoms with Crippen LogP contribution in [0.4, 0.5) is 4.79 Å². The lowest BCUT2D eigenvalue weighted by Crippen LogP contribution is -2.49. The van der Waals surface area contributed by atoms with Gasteiger partial charge in [-0.2, -0.15) is 4.86 Å². The fourth-order valence-electron chi connectivity index (χ4n) is 2.31. The number of carbonyl (C=O) groups is 1. The highest BCUT2D eigenvalue weighted by atomic mass is 31.3. The van der Waals surface area contributed by atoms with Gasteiger partial charge in [0, 0.05) is 13.0 Å². The Bertz CT molecular complexity index is 782. The highest BCUT2D eigenvalue weighted by Crippen LogP contribution is 2.53.